The first kappa shape index (κ1) is 11.5. The lowest BCUT2D eigenvalue weighted by atomic mass is 10.1. The van der Waals surface area contributed by atoms with Crippen molar-refractivity contribution >= 4 is 5.69 Å². The Kier molecular flexibility index (Phi) is 3.20. The van der Waals surface area contributed by atoms with E-state index >= 15 is 0 Å². The fraction of sp³-hybridized carbons (Fsp3) is 0.571. The van der Waals surface area contributed by atoms with Crippen LogP contribution >= 0.6 is 0 Å². The molecule has 1 saturated carbocycles. The summed E-state index contributed by atoms with van der Waals surface area (Å²) in [4.78, 5) is 2.44. The van der Waals surface area contributed by atoms with E-state index in [-0.39, 0.29) is 0 Å². The molecule has 2 N–H and O–H groups in total. The van der Waals surface area contributed by atoms with Gasteiger partial charge in [-0.3, -0.25) is 0 Å². The largest absolute Gasteiger partial charge is 0.371 e. The van der Waals surface area contributed by atoms with E-state index in [1.165, 1.54) is 24.1 Å². The van der Waals surface area contributed by atoms with Gasteiger partial charge in [-0.1, -0.05) is 17.7 Å². The molecule has 0 aliphatic heterocycles. The topological polar surface area (TPSA) is 29.3 Å². The molecule has 0 saturated heterocycles. The molecule has 0 spiro atoms. The van der Waals surface area contributed by atoms with E-state index in [0.717, 1.165) is 19.6 Å². The number of anilines is 1. The van der Waals surface area contributed by atoms with Crippen molar-refractivity contribution in [1.82, 2.24) is 0 Å². The van der Waals surface area contributed by atoms with Crippen LogP contribution in [0.1, 0.15) is 25.3 Å². The lowest BCUT2D eigenvalue weighted by molar-refractivity contribution is 0.513. The Labute approximate surface area is 98.4 Å². The van der Waals surface area contributed by atoms with Gasteiger partial charge in [-0.25, -0.2) is 0 Å². The van der Waals surface area contributed by atoms with Crippen molar-refractivity contribution in [2.75, 3.05) is 24.5 Å². The summed E-state index contributed by atoms with van der Waals surface area (Å²) in [6.07, 6.45) is 2.59. The molecule has 1 fully saturated rings. The van der Waals surface area contributed by atoms with Gasteiger partial charge < -0.3 is 10.6 Å². The van der Waals surface area contributed by atoms with E-state index in [1.54, 1.807) is 0 Å². The van der Waals surface area contributed by atoms with Crippen molar-refractivity contribution in [3.63, 3.8) is 0 Å². The fourth-order valence-electron chi connectivity index (χ4n) is 2.15. The third-order valence-electron chi connectivity index (χ3n) is 3.70. The number of hydrogen-bond donors (Lipinski definition) is 1. The van der Waals surface area contributed by atoms with Crippen molar-refractivity contribution in [3.8, 4) is 0 Å². The normalized spacial score (nSPS) is 17.2. The first-order valence-corrected chi connectivity index (χ1v) is 6.21. The lowest BCUT2D eigenvalue weighted by Crippen LogP contribution is -2.34. The molecule has 1 aliphatic rings. The Morgan fingerprint density at radius 2 is 1.88 bits per heavy atom. The average molecular weight is 218 g/mol. The lowest BCUT2D eigenvalue weighted by Gasteiger charge is -2.27. The van der Waals surface area contributed by atoms with E-state index < -0.39 is 0 Å². The number of benzene rings is 1. The number of nitrogens with zero attached hydrogens (tertiary/aromatic N) is 1. The zero-order valence-corrected chi connectivity index (χ0v) is 10.4. The molecule has 0 aromatic heterocycles. The van der Waals surface area contributed by atoms with Crippen LogP contribution in [0.5, 0.6) is 0 Å². The van der Waals surface area contributed by atoms with Gasteiger partial charge >= 0.3 is 0 Å². The molecule has 16 heavy (non-hydrogen) atoms. The second kappa shape index (κ2) is 4.46. The van der Waals surface area contributed by atoms with E-state index in [9.17, 15) is 0 Å². The smallest absolute Gasteiger partial charge is 0.0366 e. The molecular formula is C14H22N2. The van der Waals surface area contributed by atoms with Crippen LogP contribution in [-0.2, 0) is 0 Å². The minimum Gasteiger partial charge on any atom is -0.371 e. The van der Waals surface area contributed by atoms with Gasteiger partial charge in [0.1, 0.15) is 0 Å². The van der Waals surface area contributed by atoms with Crippen LogP contribution in [0.15, 0.2) is 24.3 Å². The molecule has 0 atom stereocenters. The van der Waals surface area contributed by atoms with Crippen molar-refractivity contribution in [1.29, 1.82) is 0 Å². The van der Waals surface area contributed by atoms with Gasteiger partial charge in [0.15, 0.2) is 0 Å². The quantitative estimate of drug-likeness (QED) is 0.823. The van der Waals surface area contributed by atoms with Gasteiger partial charge in [0.25, 0.3) is 0 Å². The first-order valence-electron chi connectivity index (χ1n) is 6.21. The third kappa shape index (κ3) is 2.38. The summed E-state index contributed by atoms with van der Waals surface area (Å²) in [5.41, 5.74) is 8.91. The summed E-state index contributed by atoms with van der Waals surface area (Å²) in [7, 11) is 0. The average Bonchev–Trinajstić information content (AvgIpc) is 3.08. The van der Waals surface area contributed by atoms with Crippen LogP contribution in [-0.4, -0.2) is 19.6 Å². The molecule has 0 heterocycles. The Bertz CT molecular complexity index is 338. The summed E-state index contributed by atoms with van der Waals surface area (Å²) >= 11 is 0. The molecule has 1 aliphatic carbocycles. The van der Waals surface area contributed by atoms with E-state index in [1.807, 2.05) is 0 Å². The molecule has 0 bridgehead atoms. The Morgan fingerprint density at radius 1 is 1.25 bits per heavy atom. The van der Waals surface area contributed by atoms with Gasteiger partial charge in [0.2, 0.25) is 0 Å². The van der Waals surface area contributed by atoms with Crippen LogP contribution in [0, 0.1) is 12.3 Å². The molecule has 88 valence electrons. The zero-order valence-electron chi connectivity index (χ0n) is 10.4. The minimum absolute atomic E-state index is 0.418. The van der Waals surface area contributed by atoms with Crippen LogP contribution in [0.3, 0.4) is 0 Å². The predicted octanol–water partition coefficient (Wildman–Crippen LogP) is 2.56. The van der Waals surface area contributed by atoms with E-state index in [0.29, 0.717) is 5.41 Å². The highest BCUT2D eigenvalue weighted by Crippen LogP contribution is 2.45. The van der Waals surface area contributed by atoms with Gasteiger partial charge in [0, 0.05) is 24.2 Å². The molecule has 0 radical (unpaired) electrons. The minimum atomic E-state index is 0.418. The molecule has 1 aromatic carbocycles. The number of aryl methyl sites for hydroxylation is 1. The molecule has 1 aromatic rings. The van der Waals surface area contributed by atoms with Crippen LogP contribution < -0.4 is 10.6 Å². The number of rotatable bonds is 5. The Hall–Kier alpha value is -1.02. The molecule has 2 nitrogen and oxygen atoms in total. The SMILES string of the molecule is CCN(CC1(CN)CC1)c1ccc(C)cc1. The number of nitrogens with two attached hydrogens (primary N) is 1. The first-order chi connectivity index (χ1) is 7.69. The highest BCUT2D eigenvalue weighted by atomic mass is 15.1. The molecular weight excluding hydrogens is 196 g/mol. The highest BCUT2D eigenvalue weighted by molar-refractivity contribution is 5.47. The second-order valence-electron chi connectivity index (χ2n) is 5.05. The fourth-order valence-corrected chi connectivity index (χ4v) is 2.15. The van der Waals surface area contributed by atoms with Crippen molar-refractivity contribution in [3.05, 3.63) is 29.8 Å². The standard InChI is InChI=1S/C14H22N2/c1-3-16(11-14(10-15)8-9-14)13-6-4-12(2)5-7-13/h4-7H,3,8-11,15H2,1-2H3. The van der Waals surface area contributed by atoms with Crippen molar-refractivity contribution < 1.29 is 0 Å². The van der Waals surface area contributed by atoms with Crippen molar-refractivity contribution in [2.24, 2.45) is 11.1 Å². The molecule has 2 rings (SSSR count). The summed E-state index contributed by atoms with van der Waals surface area (Å²) in [6.45, 7) is 7.35. The summed E-state index contributed by atoms with van der Waals surface area (Å²) in [6, 6.07) is 8.79. The van der Waals surface area contributed by atoms with E-state index in [4.69, 9.17) is 5.73 Å². The number of hydrogen-bond acceptors (Lipinski definition) is 2. The monoisotopic (exact) mass is 218 g/mol. The molecule has 2 heteroatoms. The second-order valence-corrected chi connectivity index (χ2v) is 5.05. The van der Waals surface area contributed by atoms with Crippen molar-refractivity contribution in [2.45, 2.75) is 26.7 Å². The van der Waals surface area contributed by atoms with Gasteiger partial charge in [-0.15, -0.1) is 0 Å². The van der Waals surface area contributed by atoms with Crippen LogP contribution in [0.2, 0.25) is 0 Å². The molecule has 0 unspecified atom stereocenters. The van der Waals surface area contributed by atoms with Gasteiger partial charge in [-0.2, -0.15) is 0 Å². The Morgan fingerprint density at radius 3 is 2.31 bits per heavy atom. The maximum atomic E-state index is 5.85. The van der Waals surface area contributed by atoms with Crippen LogP contribution in [0.4, 0.5) is 5.69 Å². The maximum Gasteiger partial charge on any atom is 0.0366 e. The molecule has 0 amide bonds. The predicted molar refractivity (Wildman–Crippen MR) is 69.8 cm³/mol. The summed E-state index contributed by atoms with van der Waals surface area (Å²) in [5.74, 6) is 0. The maximum absolute atomic E-state index is 5.85. The van der Waals surface area contributed by atoms with Gasteiger partial charge in [-0.05, 0) is 45.4 Å². The summed E-state index contributed by atoms with van der Waals surface area (Å²) in [5, 5.41) is 0. The highest BCUT2D eigenvalue weighted by Gasteiger charge is 2.42. The Balaban J connectivity index is 2.07. The zero-order chi connectivity index (χ0) is 11.6. The van der Waals surface area contributed by atoms with E-state index in [2.05, 4.69) is 43.0 Å². The summed E-state index contributed by atoms with van der Waals surface area (Å²) < 4.78 is 0. The van der Waals surface area contributed by atoms with Crippen LogP contribution in [0.25, 0.3) is 0 Å². The van der Waals surface area contributed by atoms with Gasteiger partial charge in [0.05, 0.1) is 0 Å². The third-order valence-corrected chi connectivity index (χ3v) is 3.70.